The smallest absolute Gasteiger partial charge is 0.135 e. The summed E-state index contributed by atoms with van der Waals surface area (Å²) in [5.41, 5.74) is 1.11. The maximum Gasteiger partial charge on any atom is 0.135 e. The van der Waals surface area contributed by atoms with E-state index in [9.17, 15) is 5.11 Å². The van der Waals surface area contributed by atoms with Gasteiger partial charge in [-0.15, -0.1) is 0 Å². The summed E-state index contributed by atoms with van der Waals surface area (Å²) in [6.07, 6.45) is 0. The lowest BCUT2D eigenvalue weighted by Gasteiger charge is -2.11. The first-order chi connectivity index (χ1) is 8.41. The van der Waals surface area contributed by atoms with Crippen LogP contribution in [0.15, 0.2) is 24.3 Å². The fourth-order valence-corrected chi connectivity index (χ4v) is 2.63. The second-order valence-corrected chi connectivity index (χ2v) is 5.49. The maximum atomic E-state index is 9.45. The van der Waals surface area contributed by atoms with E-state index in [0.717, 1.165) is 0 Å². The molecular formula is C12H5Cl5O. The van der Waals surface area contributed by atoms with Gasteiger partial charge in [-0.3, -0.25) is 0 Å². The Morgan fingerprint density at radius 3 is 2.06 bits per heavy atom. The van der Waals surface area contributed by atoms with Gasteiger partial charge in [0, 0.05) is 16.1 Å². The largest absolute Gasteiger partial charge is 0.506 e. The molecule has 0 radical (unpaired) electrons. The lowest BCUT2D eigenvalue weighted by molar-refractivity contribution is 0.475. The van der Waals surface area contributed by atoms with E-state index in [1.165, 1.54) is 12.1 Å². The van der Waals surface area contributed by atoms with E-state index >= 15 is 0 Å². The molecule has 0 saturated heterocycles. The van der Waals surface area contributed by atoms with Gasteiger partial charge in [0.05, 0.1) is 15.1 Å². The van der Waals surface area contributed by atoms with Crippen molar-refractivity contribution in [2.45, 2.75) is 0 Å². The molecule has 0 atom stereocenters. The molecular weight excluding hydrogens is 337 g/mol. The SMILES string of the molecule is Oc1ccc(-c2cc(Cl)cc(Cl)c2Cl)c(Cl)c1Cl. The Bertz CT molecular complexity index is 624. The number of rotatable bonds is 1. The van der Waals surface area contributed by atoms with E-state index in [1.807, 2.05) is 0 Å². The molecule has 0 heterocycles. The van der Waals surface area contributed by atoms with Crippen LogP contribution in [0.2, 0.25) is 25.1 Å². The molecule has 18 heavy (non-hydrogen) atoms. The second kappa shape index (κ2) is 5.36. The Hall–Kier alpha value is -0.310. The Morgan fingerprint density at radius 2 is 1.39 bits per heavy atom. The molecule has 1 nitrogen and oxygen atoms in total. The van der Waals surface area contributed by atoms with Gasteiger partial charge in [-0.25, -0.2) is 0 Å². The van der Waals surface area contributed by atoms with Crippen LogP contribution in [0, 0.1) is 0 Å². The highest BCUT2D eigenvalue weighted by Crippen LogP contribution is 2.43. The number of hydrogen-bond donors (Lipinski definition) is 1. The summed E-state index contributed by atoms with van der Waals surface area (Å²) in [5, 5.41) is 10.8. The molecule has 0 unspecified atom stereocenters. The minimum absolute atomic E-state index is 0.0568. The minimum atomic E-state index is -0.102. The van der Waals surface area contributed by atoms with Crippen LogP contribution in [0.1, 0.15) is 0 Å². The molecule has 0 spiro atoms. The molecule has 2 aromatic rings. The summed E-state index contributed by atoms with van der Waals surface area (Å²) in [4.78, 5) is 0. The van der Waals surface area contributed by atoms with Gasteiger partial charge >= 0.3 is 0 Å². The van der Waals surface area contributed by atoms with Crippen molar-refractivity contribution in [3.63, 3.8) is 0 Å². The highest BCUT2D eigenvalue weighted by atomic mass is 35.5. The van der Waals surface area contributed by atoms with Gasteiger partial charge in [-0.2, -0.15) is 0 Å². The van der Waals surface area contributed by atoms with Gasteiger partial charge in [0.15, 0.2) is 0 Å². The fraction of sp³-hybridized carbons (Fsp3) is 0. The minimum Gasteiger partial charge on any atom is -0.506 e. The van der Waals surface area contributed by atoms with Crippen molar-refractivity contribution in [3.05, 3.63) is 49.4 Å². The molecule has 1 N–H and O–H groups in total. The highest BCUT2D eigenvalue weighted by Gasteiger charge is 2.15. The molecule has 0 bridgehead atoms. The van der Waals surface area contributed by atoms with Crippen LogP contribution in [0.5, 0.6) is 5.75 Å². The Morgan fingerprint density at radius 1 is 0.722 bits per heavy atom. The molecule has 6 heteroatoms. The van der Waals surface area contributed by atoms with Crippen molar-refractivity contribution in [3.8, 4) is 16.9 Å². The third kappa shape index (κ3) is 2.52. The Labute approximate surface area is 129 Å². The number of halogens is 5. The quantitative estimate of drug-likeness (QED) is 0.601. The topological polar surface area (TPSA) is 20.2 Å². The third-order valence-corrected chi connectivity index (χ3v) is 4.24. The van der Waals surface area contributed by atoms with E-state index in [0.29, 0.717) is 26.2 Å². The van der Waals surface area contributed by atoms with Crippen LogP contribution in [0.3, 0.4) is 0 Å². The molecule has 0 aliphatic heterocycles. The number of aromatic hydroxyl groups is 1. The first-order valence-electron chi connectivity index (χ1n) is 4.73. The van der Waals surface area contributed by atoms with E-state index in [4.69, 9.17) is 58.0 Å². The molecule has 2 rings (SSSR count). The third-order valence-electron chi connectivity index (χ3n) is 2.35. The first kappa shape index (κ1) is 14.1. The van der Waals surface area contributed by atoms with Gasteiger partial charge in [-0.05, 0) is 24.3 Å². The zero-order chi connectivity index (χ0) is 13.4. The monoisotopic (exact) mass is 340 g/mol. The van der Waals surface area contributed by atoms with Gasteiger partial charge in [0.2, 0.25) is 0 Å². The summed E-state index contributed by atoms with van der Waals surface area (Å²) in [6, 6.07) is 6.18. The Kier molecular flexibility index (Phi) is 4.20. The first-order valence-corrected chi connectivity index (χ1v) is 6.62. The molecule has 94 valence electrons. The zero-order valence-electron chi connectivity index (χ0n) is 8.65. The van der Waals surface area contributed by atoms with Crippen molar-refractivity contribution in [1.82, 2.24) is 0 Å². The molecule has 0 aromatic heterocycles. The predicted octanol–water partition coefficient (Wildman–Crippen LogP) is 6.33. The highest BCUT2D eigenvalue weighted by molar-refractivity contribution is 6.47. The molecule has 2 aromatic carbocycles. The molecule has 0 aliphatic rings. The van der Waals surface area contributed by atoms with E-state index in [2.05, 4.69) is 0 Å². The number of benzene rings is 2. The lowest BCUT2D eigenvalue weighted by Crippen LogP contribution is -1.84. The van der Waals surface area contributed by atoms with Crippen LogP contribution in [-0.4, -0.2) is 5.11 Å². The van der Waals surface area contributed by atoms with Crippen molar-refractivity contribution in [2.24, 2.45) is 0 Å². The van der Waals surface area contributed by atoms with Crippen molar-refractivity contribution in [2.75, 3.05) is 0 Å². The molecule has 0 aliphatic carbocycles. The molecule has 0 fully saturated rings. The fourth-order valence-electron chi connectivity index (χ4n) is 1.50. The summed E-state index contributed by atoms with van der Waals surface area (Å²) in [5.74, 6) is -0.102. The average Bonchev–Trinajstić information content (AvgIpc) is 2.31. The van der Waals surface area contributed by atoms with Crippen LogP contribution in [-0.2, 0) is 0 Å². The van der Waals surface area contributed by atoms with Gasteiger partial charge in [0.1, 0.15) is 10.8 Å². The second-order valence-electron chi connectivity index (χ2n) is 3.51. The van der Waals surface area contributed by atoms with E-state index in [1.54, 1.807) is 12.1 Å². The van der Waals surface area contributed by atoms with Gasteiger partial charge < -0.3 is 5.11 Å². The van der Waals surface area contributed by atoms with Gasteiger partial charge in [-0.1, -0.05) is 58.0 Å². The molecule has 0 amide bonds. The summed E-state index contributed by atoms with van der Waals surface area (Å²) < 4.78 is 0. The summed E-state index contributed by atoms with van der Waals surface area (Å²) in [6.45, 7) is 0. The standard InChI is InChI=1S/C12H5Cl5O/c13-5-3-7(10(15)8(14)4-5)6-1-2-9(18)12(17)11(6)16/h1-4,18H. The Balaban J connectivity index is 2.74. The average molecular weight is 342 g/mol. The van der Waals surface area contributed by atoms with Gasteiger partial charge in [0.25, 0.3) is 0 Å². The normalized spacial score (nSPS) is 10.7. The van der Waals surface area contributed by atoms with E-state index < -0.39 is 0 Å². The maximum absolute atomic E-state index is 9.45. The summed E-state index contributed by atoms with van der Waals surface area (Å²) in [7, 11) is 0. The van der Waals surface area contributed by atoms with Crippen LogP contribution < -0.4 is 0 Å². The van der Waals surface area contributed by atoms with Crippen molar-refractivity contribution in [1.29, 1.82) is 0 Å². The van der Waals surface area contributed by atoms with Crippen molar-refractivity contribution < 1.29 is 5.11 Å². The summed E-state index contributed by atoms with van der Waals surface area (Å²) >= 11 is 29.9. The molecule has 0 saturated carbocycles. The van der Waals surface area contributed by atoms with Crippen molar-refractivity contribution >= 4 is 58.0 Å². The van der Waals surface area contributed by atoms with Crippen LogP contribution in [0.25, 0.3) is 11.1 Å². The van der Waals surface area contributed by atoms with Crippen LogP contribution in [0.4, 0.5) is 0 Å². The number of phenols is 1. The lowest BCUT2D eigenvalue weighted by atomic mass is 10.1. The number of phenolic OH excluding ortho intramolecular Hbond substituents is 1. The van der Waals surface area contributed by atoms with Crippen LogP contribution >= 0.6 is 58.0 Å². The predicted molar refractivity (Wildman–Crippen MR) is 78.6 cm³/mol. The number of hydrogen-bond acceptors (Lipinski definition) is 1. The van der Waals surface area contributed by atoms with E-state index in [-0.39, 0.29) is 15.8 Å². The zero-order valence-corrected chi connectivity index (χ0v) is 12.4.